The largest absolute Gasteiger partial charge is 0.399 e. The van der Waals surface area contributed by atoms with Crippen LogP contribution >= 0.6 is 23.4 Å². The Morgan fingerprint density at radius 3 is 2.74 bits per heavy atom. The third-order valence-corrected chi connectivity index (χ3v) is 3.88. The first-order valence-corrected chi connectivity index (χ1v) is 7.04. The number of amides is 1. The number of nitrogen functional groups attached to an aromatic ring is 1. The molecule has 3 nitrogen and oxygen atoms in total. The van der Waals surface area contributed by atoms with Crippen LogP contribution < -0.4 is 11.1 Å². The molecule has 1 amide bonds. The highest BCUT2D eigenvalue weighted by Gasteiger charge is 2.06. The Kier molecular flexibility index (Phi) is 4.71. The third kappa shape index (κ3) is 4.19. The molecular weight excluding hydrogens is 280 g/mol. The summed E-state index contributed by atoms with van der Waals surface area (Å²) in [5.41, 5.74) is 6.97. The lowest BCUT2D eigenvalue weighted by atomic mass is 10.3. The molecule has 5 heteroatoms. The van der Waals surface area contributed by atoms with Gasteiger partial charge in [0, 0.05) is 16.3 Å². The number of rotatable bonds is 4. The number of nitrogens with one attached hydrogen (secondary N) is 1. The minimum atomic E-state index is -0.0875. The number of hydrogen-bond acceptors (Lipinski definition) is 3. The van der Waals surface area contributed by atoms with Gasteiger partial charge < -0.3 is 11.1 Å². The van der Waals surface area contributed by atoms with Gasteiger partial charge in [-0.2, -0.15) is 0 Å². The van der Waals surface area contributed by atoms with Gasteiger partial charge in [0.2, 0.25) is 5.91 Å². The molecule has 0 aliphatic rings. The molecule has 2 rings (SSSR count). The second kappa shape index (κ2) is 6.50. The van der Waals surface area contributed by atoms with E-state index in [1.807, 2.05) is 18.2 Å². The van der Waals surface area contributed by atoms with E-state index in [0.29, 0.717) is 22.2 Å². The van der Waals surface area contributed by atoms with Gasteiger partial charge in [-0.15, -0.1) is 11.8 Å². The van der Waals surface area contributed by atoms with E-state index < -0.39 is 0 Å². The van der Waals surface area contributed by atoms with E-state index in [-0.39, 0.29) is 5.91 Å². The average Bonchev–Trinajstić information content (AvgIpc) is 2.38. The van der Waals surface area contributed by atoms with Crippen molar-refractivity contribution in [3.05, 3.63) is 53.6 Å². The van der Waals surface area contributed by atoms with Gasteiger partial charge >= 0.3 is 0 Å². The monoisotopic (exact) mass is 292 g/mol. The molecule has 0 saturated carbocycles. The molecule has 0 radical (unpaired) electrons. The number of benzene rings is 2. The molecule has 98 valence electrons. The van der Waals surface area contributed by atoms with Crippen molar-refractivity contribution in [3.8, 4) is 0 Å². The lowest BCUT2D eigenvalue weighted by molar-refractivity contribution is -0.113. The minimum absolute atomic E-state index is 0.0875. The second-order valence-corrected chi connectivity index (χ2v) is 5.32. The summed E-state index contributed by atoms with van der Waals surface area (Å²) < 4.78 is 0. The van der Waals surface area contributed by atoms with Gasteiger partial charge in [0.05, 0.1) is 10.8 Å². The van der Waals surface area contributed by atoms with Crippen LogP contribution in [0.25, 0.3) is 0 Å². The fourth-order valence-electron chi connectivity index (χ4n) is 1.52. The van der Waals surface area contributed by atoms with Gasteiger partial charge in [0.1, 0.15) is 0 Å². The summed E-state index contributed by atoms with van der Waals surface area (Å²) >= 11 is 7.42. The highest BCUT2D eigenvalue weighted by molar-refractivity contribution is 8.00. The molecule has 0 bridgehead atoms. The van der Waals surface area contributed by atoms with Crippen LogP contribution in [0, 0.1) is 0 Å². The maximum atomic E-state index is 11.8. The molecule has 0 atom stereocenters. The number of hydrogen-bond donors (Lipinski definition) is 2. The van der Waals surface area contributed by atoms with Crippen LogP contribution in [0.5, 0.6) is 0 Å². The minimum Gasteiger partial charge on any atom is -0.399 e. The Labute approximate surface area is 121 Å². The Balaban J connectivity index is 1.90. The van der Waals surface area contributed by atoms with Crippen molar-refractivity contribution in [3.63, 3.8) is 0 Å². The number of nitrogens with two attached hydrogens (primary N) is 1. The number of halogens is 1. The number of thioether (sulfide) groups is 1. The van der Waals surface area contributed by atoms with Crippen LogP contribution in [0.1, 0.15) is 0 Å². The van der Waals surface area contributed by atoms with Crippen molar-refractivity contribution in [1.29, 1.82) is 0 Å². The zero-order valence-corrected chi connectivity index (χ0v) is 11.7. The molecule has 0 aliphatic heterocycles. The lowest BCUT2D eigenvalue weighted by Gasteiger charge is -2.06. The van der Waals surface area contributed by atoms with Crippen molar-refractivity contribution >= 4 is 40.6 Å². The topological polar surface area (TPSA) is 55.1 Å². The first-order valence-electron chi connectivity index (χ1n) is 5.68. The summed E-state index contributed by atoms with van der Waals surface area (Å²) in [6.07, 6.45) is 0. The predicted octanol–water partition coefficient (Wildman–Crippen LogP) is 3.65. The molecule has 0 spiro atoms. The predicted molar refractivity (Wildman–Crippen MR) is 81.7 cm³/mol. The molecular formula is C14H13ClN2OS. The van der Waals surface area contributed by atoms with Crippen LogP contribution in [0.15, 0.2) is 53.4 Å². The lowest BCUT2D eigenvalue weighted by Crippen LogP contribution is -2.14. The molecule has 2 aromatic carbocycles. The quantitative estimate of drug-likeness (QED) is 0.668. The smallest absolute Gasteiger partial charge is 0.234 e. The molecule has 0 aliphatic carbocycles. The Morgan fingerprint density at radius 2 is 2.00 bits per heavy atom. The van der Waals surface area contributed by atoms with Crippen LogP contribution in [0.3, 0.4) is 0 Å². The van der Waals surface area contributed by atoms with Crippen LogP contribution in [-0.2, 0) is 4.79 Å². The zero-order valence-electron chi connectivity index (χ0n) is 10.1. The van der Waals surface area contributed by atoms with Crippen LogP contribution in [0.4, 0.5) is 11.4 Å². The van der Waals surface area contributed by atoms with E-state index in [1.165, 1.54) is 11.8 Å². The Bertz CT molecular complexity index is 589. The molecule has 0 saturated heterocycles. The number of anilines is 2. The molecule has 3 N–H and O–H groups in total. The van der Waals surface area contributed by atoms with Gasteiger partial charge in [-0.1, -0.05) is 29.8 Å². The van der Waals surface area contributed by atoms with Crippen molar-refractivity contribution in [1.82, 2.24) is 0 Å². The standard InChI is InChI=1S/C14H13ClN2OS/c15-12-6-1-2-7-13(12)19-9-14(18)17-11-5-3-4-10(16)8-11/h1-8H,9,16H2,(H,17,18). The SMILES string of the molecule is Nc1cccc(NC(=O)CSc2ccccc2Cl)c1. The molecule has 0 unspecified atom stereocenters. The van der Waals surface area contributed by atoms with Crippen molar-refractivity contribution in [2.75, 3.05) is 16.8 Å². The van der Waals surface area contributed by atoms with Crippen LogP contribution in [0.2, 0.25) is 5.02 Å². The summed E-state index contributed by atoms with van der Waals surface area (Å²) in [6, 6.07) is 14.5. The van der Waals surface area contributed by atoms with E-state index in [2.05, 4.69) is 5.32 Å². The second-order valence-electron chi connectivity index (χ2n) is 3.89. The normalized spacial score (nSPS) is 10.2. The van der Waals surface area contributed by atoms with Gasteiger partial charge in [-0.25, -0.2) is 0 Å². The molecule has 19 heavy (non-hydrogen) atoms. The van der Waals surface area contributed by atoms with Crippen molar-refractivity contribution in [2.24, 2.45) is 0 Å². The number of carbonyl (C=O) groups excluding carboxylic acids is 1. The highest BCUT2D eigenvalue weighted by Crippen LogP contribution is 2.26. The number of carbonyl (C=O) groups is 1. The van der Waals surface area contributed by atoms with Gasteiger partial charge in [0.15, 0.2) is 0 Å². The van der Waals surface area contributed by atoms with Crippen molar-refractivity contribution in [2.45, 2.75) is 4.90 Å². The van der Waals surface area contributed by atoms with E-state index in [9.17, 15) is 4.79 Å². The molecule has 0 fully saturated rings. The fraction of sp³-hybridized carbons (Fsp3) is 0.0714. The summed E-state index contributed by atoms with van der Waals surface area (Å²) in [4.78, 5) is 12.7. The first kappa shape index (κ1) is 13.8. The van der Waals surface area contributed by atoms with Crippen molar-refractivity contribution < 1.29 is 4.79 Å². The molecule has 2 aromatic rings. The molecule has 0 heterocycles. The fourth-order valence-corrected chi connectivity index (χ4v) is 2.56. The van der Waals surface area contributed by atoms with Gasteiger partial charge in [-0.3, -0.25) is 4.79 Å². The Morgan fingerprint density at radius 1 is 1.21 bits per heavy atom. The van der Waals surface area contributed by atoms with Gasteiger partial charge in [0.25, 0.3) is 0 Å². The molecule has 0 aromatic heterocycles. The van der Waals surface area contributed by atoms with Crippen LogP contribution in [-0.4, -0.2) is 11.7 Å². The summed E-state index contributed by atoms with van der Waals surface area (Å²) in [5.74, 6) is 0.217. The van der Waals surface area contributed by atoms with Gasteiger partial charge in [-0.05, 0) is 30.3 Å². The Hall–Kier alpha value is -1.65. The summed E-state index contributed by atoms with van der Waals surface area (Å²) in [6.45, 7) is 0. The summed E-state index contributed by atoms with van der Waals surface area (Å²) in [7, 11) is 0. The highest BCUT2D eigenvalue weighted by atomic mass is 35.5. The third-order valence-electron chi connectivity index (χ3n) is 2.37. The average molecular weight is 293 g/mol. The first-order chi connectivity index (χ1) is 9.15. The van der Waals surface area contributed by atoms with E-state index in [0.717, 1.165) is 4.90 Å². The summed E-state index contributed by atoms with van der Waals surface area (Å²) in [5, 5.41) is 3.45. The van der Waals surface area contributed by atoms with E-state index >= 15 is 0 Å². The van der Waals surface area contributed by atoms with E-state index in [4.69, 9.17) is 17.3 Å². The maximum absolute atomic E-state index is 11.8. The van der Waals surface area contributed by atoms with E-state index in [1.54, 1.807) is 30.3 Å². The zero-order chi connectivity index (χ0) is 13.7. The maximum Gasteiger partial charge on any atom is 0.234 e.